The van der Waals surface area contributed by atoms with E-state index in [-0.39, 0.29) is 11.5 Å². The van der Waals surface area contributed by atoms with Gasteiger partial charge in [0.05, 0.1) is 18.1 Å². The zero-order chi connectivity index (χ0) is 21.9. The smallest absolute Gasteiger partial charge is 0.234 e. The van der Waals surface area contributed by atoms with Crippen LogP contribution in [0.25, 0.3) is 0 Å². The number of sulfonamides is 1. The second-order valence-electron chi connectivity index (χ2n) is 7.08. The van der Waals surface area contributed by atoms with E-state index in [9.17, 15) is 13.2 Å². The minimum absolute atomic E-state index is 0.0634. The van der Waals surface area contributed by atoms with Crippen LogP contribution in [0.2, 0.25) is 5.02 Å². The molecule has 0 radical (unpaired) electrons. The Kier molecular flexibility index (Phi) is 6.65. The fraction of sp³-hybridized carbons (Fsp3) is 0.227. The summed E-state index contributed by atoms with van der Waals surface area (Å²) in [5.74, 6) is -0.409. The number of hydrogen-bond acceptors (Lipinski definition) is 4. The Balaban J connectivity index is 1.79. The number of nitrogens with one attached hydrogen (secondary N) is 1. The predicted molar refractivity (Wildman–Crippen MR) is 119 cm³/mol. The summed E-state index contributed by atoms with van der Waals surface area (Å²) in [5.41, 5.74) is 4.48. The van der Waals surface area contributed by atoms with E-state index in [1.807, 2.05) is 36.7 Å². The van der Waals surface area contributed by atoms with E-state index in [0.29, 0.717) is 28.4 Å². The van der Waals surface area contributed by atoms with Crippen molar-refractivity contribution in [2.45, 2.75) is 13.3 Å². The molecule has 1 heterocycles. The van der Waals surface area contributed by atoms with E-state index in [1.54, 1.807) is 36.4 Å². The lowest BCUT2D eigenvalue weighted by Gasteiger charge is -2.10. The van der Waals surface area contributed by atoms with Crippen molar-refractivity contribution in [3.63, 3.8) is 0 Å². The topological polar surface area (TPSA) is 88.4 Å². The summed E-state index contributed by atoms with van der Waals surface area (Å²) in [6.45, 7) is 1.48. The van der Waals surface area contributed by atoms with Crippen LogP contribution in [0.3, 0.4) is 0 Å². The Morgan fingerprint density at radius 3 is 2.33 bits per heavy atom. The number of nitrogens with zero attached hydrogens (tertiary/aromatic N) is 1. The number of hydrogen-bond donors (Lipinski definition) is 2. The van der Waals surface area contributed by atoms with Crippen molar-refractivity contribution in [2.24, 2.45) is 7.05 Å². The minimum atomic E-state index is -3.55. The van der Waals surface area contributed by atoms with Crippen molar-refractivity contribution in [3.05, 3.63) is 87.7 Å². The molecule has 3 rings (SSSR count). The largest absolute Gasteiger partial charge is 0.395 e. The van der Waals surface area contributed by atoms with Crippen molar-refractivity contribution < 1.29 is 18.3 Å². The van der Waals surface area contributed by atoms with Crippen molar-refractivity contribution in [2.75, 3.05) is 17.1 Å². The quantitative estimate of drug-likeness (QED) is 0.518. The zero-order valence-electron chi connectivity index (χ0n) is 16.7. The van der Waals surface area contributed by atoms with Crippen LogP contribution >= 0.6 is 11.6 Å². The number of ketones is 1. The normalized spacial score (nSPS) is 11.5. The Hall–Kier alpha value is -2.61. The molecule has 1 aromatic heterocycles. The zero-order valence-corrected chi connectivity index (χ0v) is 18.3. The molecule has 0 bridgehead atoms. The number of aliphatic hydroxyl groups excluding tert-OH is 1. The minimum Gasteiger partial charge on any atom is -0.395 e. The number of aryl methyl sites for hydroxylation is 1. The number of aliphatic hydroxyl groups is 1. The van der Waals surface area contributed by atoms with E-state index in [1.165, 1.54) is 0 Å². The van der Waals surface area contributed by atoms with E-state index in [4.69, 9.17) is 16.7 Å². The summed E-state index contributed by atoms with van der Waals surface area (Å²) in [4.78, 5) is 12.9. The second-order valence-corrected chi connectivity index (χ2v) is 9.36. The molecule has 2 N–H and O–H groups in total. The number of halogens is 1. The molecule has 0 spiro atoms. The first kappa shape index (κ1) is 22.1. The molecule has 2 aromatic carbocycles. The first-order chi connectivity index (χ1) is 14.2. The SMILES string of the molecule is Cc1cc(Cc2ccc(NS(=O)(=O)CCO)cc2)n(C)c1C(=O)c1ccc(Cl)cc1. The molecular weight excluding hydrogens is 424 g/mol. The maximum absolute atomic E-state index is 12.9. The van der Waals surface area contributed by atoms with Crippen LogP contribution in [0.1, 0.15) is 32.9 Å². The highest BCUT2D eigenvalue weighted by atomic mass is 35.5. The lowest BCUT2D eigenvalue weighted by atomic mass is 10.1. The Labute approximate surface area is 181 Å². The van der Waals surface area contributed by atoms with Crippen molar-refractivity contribution in [3.8, 4) is 0 Å². The van der Waals surface area contributed by atoms with E-state index in [0.717, 1.165) is 16.8 Å². The number of benzene rings is 2. The second kappa shape index (κ2) is 9.04. The van der Waals surface area contributed by atoms with Crippen LogP contribution in [0.4, 0.5) is 5.69 Å². The molecule has 8 heteroatoms. The molecule has 3 aromatic rings. The van der Waals surface area contributed by atoms with Gasteiger partial charge in [-0.2, -0.15) is 0 Å². The number of rotatable bonds is 8. The van der Waals surface area contributed by atoms with E-state index >= 15 is 0 Å². The summed E-state index contributed by atoms with van der Waals surface area (Å²) in [6.07, 6.45) is 0.592. The maximum Gasteiger partial charge on any atom is 0.234 e. The Morgan fingerprint density at radius 2 is 1.73 bits per heavy atom. The molecule has 0 saturated carbocycles. The van der Waals surface area contributed by atoms with Crippen molar-refractivity contribution in [1.29, 1.82) is 0 Å². The molecular formula is C22H23ClN2O4S. The fourth-order valence-corrected chi connectivity index (χ4v) is 4.28. The molecule has 0 amide bonds. The van der Waals surface area contributed by atoms with E-state index < -0.39 is 16.6 Å². The third kappa shape index (κ3) is 5.11. The van der Waals surface area contributed by atoms with Crippen LogP contribution < -0.4 is 4.72 Å². The third-order valence-electron chi connectivity index (χ3n) is 4.82. The highest BCUT2D eigenvalue weighted by Crippen LogP contribution is 2.22. The van der Waals surface area contributed by atoms with Gasteiger partial charge < -0.3 is 9.67 Å². The van der Waals surface area contributed by atoms with Crippen LogP contribution in [-0.4, -0.2) is 36.2 Å². The number of anilines is 1. The summed E-state index contributed by atoms with van der Waals surface area (Å²) in [6, 6.07) is 15.8. The summed E-state index contributed by atoms with van der Waals surface area (Å²) >= 11 is 5.92. The molecule has 30 heavy (non-hydrogen) atoms. The highest BCUT2D eigenvalue weighted by molar-refractivity contribution is 7.92. The van der Waals surface area contributed by atoms with Gasteiger partial charge in [-0.25, -0.2) is 8.42 Å². The van der Waals surface area contributed by atoms with E-state index in [2.05, 4.69) is 4.72 Å². The van der Waals surface area contributed by atoms with Crippen LogP contribution in [-0.2, 0) is 23.5 Å². The predicted octanol–water partition coefficient (Wildman–Crippen LogP) is 3.54. The summed E-state index contributed by atoms with van der Waals surface area (Å²) in [5, 5.41) is 9.39. The average molecular weight is 447 g/mol. The number of carbonyl (C=O) groups excluding carboxylic acids is 1. The Bertz CT molecular complexity index is 1150. The summed E-state index contributed by atoms with van der Waals surface area (Å²) in [7, 11) is -1.69. The Morgan fingerprint density at radius 1 is 1.10 bits per heavy atom. The highest BCUT2D eigenvalue weighted by Gasteiger charge is 2.18. The molecule has 0 aliphatic heterocycles. The molecule has 0 fully saturated rings. The van der Waals surface area contributed by atoms with Gasteiger partial charge in [-0.15, -0.1) is 0 Å². The van der Waals surface area contributed by atoms with Crippen molar-refractivity contribution in [1.82, 2.24) is 4.57 Å². The molecule has 158 valence electrons. The fourth-order valence-electron chi connectivity index (χ4n) is 3.31. The van der Waals surface area contributed by atoms with Crippen LogP contribution in [0, 0.1) is 6.92 Å². The van der Waals surface area contributed by atoms with Gasteiger partial charge in [0.15, 0.2) is 0 Å². The number of aromatic nitrogens is 1. The molecule has 0 aliphatic rings. The maximum atomic E-state index is 12.9. The third-order valence-corrected chi connectivity index (χ3v) is 6.34. The first-order valence-corrected chi connectivity index (χ1v) is 11.4. The monoisotopic (exact) mass is 446 g/mol. The molecule has 0 saturated heterocycles. The molecule has 0 atom stereocenters. The first-order valence-electron chi connectivity index (χ1n) is 9.36. The van der Waals surface area contributed by atoms with Gasteiger partial charge in [-0.05, 0) is 60.5 Å². The van der Waals surface area contributed by atoms with Gasteiger partial charge in [-0.3, -0.25) is 9.52 Å². The lowest BCUT2D eigenvalue weighted by Crippen LogP contribution is -2.18. The standard InChI is InChI=1S/C22H23ClN2O4S/c1-15-13-20(25(2)21(15)22(27)17-5-7-18(23)8-6-17)14-16-3-9-19(10-4-16)24-30(28,29)12-11-26/h3-10,13,24,26H,11-12,14H2,1-2H3. The molecule has 6 nitrogen and oxygen atoms in total. The van der Waals surface area contributed by atoms with Gasteiger partial charge in [0, 0.05) is 35.4 Å². The van der Waals surface area contributed by atoms with Crippen molar-refractivity contribution >= 4 is 33.1 Å². The van der Waals surface area contributed by atoms with Gasteiger partial charge in [0.1, 0.15) is 0 Å². The summed E-state index contributed by atoms with van der Waals surface area (Å²) < 4.78 is 27.8. The molecule has 0 unspecified atom stereocenters. The van der Waals surface area contributed by atoms with Gasteiger partial charge >= 0.3 is 0 Å². The van der Waals surface area contributed by atoms with Crippen LogP contribution in [0.5, 0.6) is 0 Å². The van der Waals surface area contributed by atoms with Crippen LogP contribution in [0.15, 0.2) is 54.6 Å². The van der Waals surface area contributed by atoms with Gasteiger partial charge in [0.2, 0.25) is 15.8 Å². The lowest BCUT2D eigenvalue weighted by molar-refractivity contribution is 0.103. The van der Waals surface area contributed by atoms with Gasteiger partial charge in [-0.1, -0.05) is 23.7 Å². The van der Waals surface area contributed by atoms with Gasteiger partial charge in [0.25, 0.3) is 0 Å². The number of carbonyl (C=O) groups is 1. The average Bonchev–Trinajstić information content (AvgIpc) is 2.96. The molecule has 0 aliphatic carbocycles.